The molecule has 0 bridgehead atoms. The van der Waals surface area contributed by atoms with Gasteiger partial charge in [0.2, 0.25) is 5.91 Å². The summed E-state index contributed by atoms with van der Waals surface area (Å²) in [6.45, 7) is 5.13. The van der Waals surface area contributed by atoms with E-state index in [9.17, 15) is 4.79 Å². The fraction of sp³-hybridized carbons (Fsp3) is 0.233. The molecule has 194 valence electrons. The maximum absolute atomic E-state index is 12.0. The second-order valence-electron chi connectivity index (χ2n) is 9.42. The van der Waals surface area contributed by atoms with Crippen molar-refractivity contribution in [2.24, 2.45) is 0 Å². The van der Waals surface area contributed by atoms with Crippen molar-refractivity contribution in [3.63, 3.8) is 0 Å². The lowest BCUT2D eigenvalue weighted by atomic mass is 9.96. The molecule has 2 aromatic carbocycles. The monoisotopic (exact) mass is 525 g/mol. The topological polar surface area (TPSA) is 71.4 Å². The highest BCUT2D eigenvalue weighted by atomic mass is 32.1. The third-order valence-corrected chi connectivity index (χ3v) is 7.23. The van der Waals surface area contributed by atoms with Gasteiger partial charge in [-0.05, 0) is 79.7 Å². The van der Waals surface area contributed by atoms with Gasteiger partial charge < -0.3 is 24.8 Å². The van der Waals surface area contributed by atoms with Crippen molar-refractivity contribution in [2.75, 3.05) is 23.9 Å². The summed E-state index contributed by atoms with van der Waals surface area (Å²) in [4.78, 5) is 18.8. The first kappa shape index (κ1) is 25.6. The highest BCUT2D eigenvalue weighted by molar-refractivity contribution is 7.80. The molecule has 1 aliphatic rings. The van der Waals surface area contributed by atoms with E-state index in [1.807, 2.05) is 54.7 Å². The van der Waals surface area contributed by atoms with Gasteiger partial charge in [0.1, 0.15) is 6.61 Å². The fourth-order valence-electron chi connectivity index (χ4n) is 5.12. The van der Waals surface area contributed by atoms with Crippen LogP contribution in [0, 0.1) is 13.8 Å². The number of aromatic nitrogens is 2. The van der Waals surface area contributed by atoms with Crippen LogP contribution in [0.4, 0.5) is 11.4 Å². The highest BCUT2D eigenvalue weighted by Gasteiger charge is 2.42. The van der Waals surface area contributed by atoms with Crippen LogP contribution >= 0.6 is 12.2 Å². The zero-order valence-corrected chi connectivity index (χ0v) is 22.5. The first-order chi connectivity index (χ1) is 18.5. The summed E-state index contributed by atoms with van der Waals surface area (Å²) in [6, 6.07) is 26.2. The minimum absolute atomic E-state index is 0.00824. The number of rotatable bonds is 8. The third kappa shape index (κ3) is 5.18. The summed E-state index contributed by atoms with van der Waals surface area (Å²) < 4.78 is 7.27. The number of ether oxygens (including phenoxy) is 1. The molecular weight excluding hydrogens is 494 g/mol. The number of hydrogen-bond acceptors (Lipinski definition) is 4. The smallest absolute Gasteiger partial charge is 0.250 e. The Morgan fingerprint density at radius 1 is 1.05 bits per heavy atom. The van der Waals surface area contributed by atoms with Gasteiger partial charge in [-0.2, -0.15) is 0 Å². The van der Waals surface area contributed by atoms with E-state index in [1.165, 1.54) is 29.6 Å². The Hall–Kier alpha value is -4.01. The van der Waals surface area contributed by atoms with Crippen molar-refractivity contribution in [1.29, 1.82) is 0 Å². The van der Waals surface area contributed by atoms with Gasteiger partial charge in [0.15, 0.2) is 5.11 Å². The molecule has 1 saturated heterocycles. The Morgan fingerprint density at radius 3 is 2.47 bits per heavy atom. The summed E-state index contributed by atoms with van der Waals surface area (Å²) in [5.74, 6) is -0.197. The molecule has 4 aromatic rings. The molecule has 1 aliphatic heterocycles. The quantitative estimate of drug-likeness (QED) is 0.304. The maximum atomic E-state index is 12.0. The number of anilines is 2. The Bertz CT molecular complexity index is 1420. The molecule has 0 spiro atoms. The number of carbonyl (C=O) groups excluding carboxylic acids is 1. The summed E-state index contributed by atoms with van der Waals surface area (Å²) in [5, 5.41) is 7.02. The fourth-order valence-corrected chi connectivity index (χ4v) is 5.46. The summed E-state index contributed by atoms with van der Waals surface area (Å²) in [5.41, 5.74) is 7.39. The van der Waals surface area contributed by atoms with Crippen LogP contribution in [-0.2, 0) is 16.1 Å². The number of nitrogens with one attached hydrogen (secondary N) is 2. The van der Waals surface area contributed by atoms with E-state index in [-0.39, 0.29) is 24.6 Å². The number of hydrogen-bond donors (Lipinski definition) is 2. The van der Waals surface area contributed by atoms with Gasteiger partial charge >= 0.3 is 0 Å². The Kier molecular flexibility index (Phi) is 7.53. The Labute approximate surface area is 228 Å². The molecule has 0 unspecified atom stereocenters. The van der Waals surface area contributed by atoms with Crippen molar-refractivity contribution in [3.8, 4) is 0 Å². The molecule has 0 saturated carbocycles. The van der Waals surface area contributed by atoms with Crippen LogP contribution in [-0.4, -0.2) is 34.3 Å². The molecule has 2 atom stereocenters. The Balaban J connectivity index is 1.54. The molecule has 3 heterocycles. The van der Waals surface area contributed by atoms with Gasteiger partial charge in [-0.15, -0.1) is 0 Å². The van der Waals surface area contributed by atoms with Gasteiger partial charge in [-0.3, -0.25) is 9.78 Å². The Morgan fingerprint density at radius 2 is 1.79 bits per heavy atom. The lowest BCUT2D eigenvalue weighted by molar-refractivity contribution is -0.119. The molecule has 1 fully saturated rings. The average molecular weight is 526 g/mol. The summed E-state index contributed by atoms with van der Waals surface area (Å²) in [7, 11) is 1.50. The lowest BCUT2D eigenvalue weighted by Crippen LogP contribution is -2.29. The van der Waals surface area contributed by atoms with E-state index < -0.39 is 0 Å². The number of carbonyl (C=O) groups is 1. The molecule has 1 amide bonds. The van der Waals surface area contributed by atoms with Crippen molar-refractivity contribution in [1.82, 2.24) is 14.9 Å². The largest absolute Gasteiger partial charge is 0.375 e. The third-order valence-electron chi connectivity index (χ3n) is 6.92. The average Bonchev–Trinajstić information content (AvgIpc) is 3.41. The minimum Gasteiger partial charge on any atom is -0.375 e. The molecule has 5 rings (SSSR count). The number of benzene rings is 2. The van der Waals surface area contributed by atoms with Gasteiger partial charge in [-0.25, -0.2) is 0 Å². The lowest BCUT2D eigenvalue weighted by Gasteiger charge is -2.28. The van der Waals surface area contributed by atoms with E-state index in [1.54, 1.807) is 0 Å². The van der Waals surface area contributed by atoms with E-state index in [0.29, 0.717) is 10.8 Å². The number of methoxy groups -OCH3 is 1. The van der Waals surface area contributed by atoms with Crippen LogP contribution in [0.2, 0.25) is 0 Å². The standard InChI is InChI=1S/C30H31N5O2S/c1-20-17-25(21(2)34(20)18-22-9-5-4-6-10-22)29-28(26-11-7-8-16-31-26)33-30(38)35(29)24-14-12-23(13-15-24)32-27(36)19-37-3/h4-17,28-29H,18-19H2,1-3H3,(H,32,36)(H,33,38)/t28-,29+/m0/s1. The zero-order valence-electron chi connectivity index (χ0n) is 21.7. The number of aryl methyl sites for hydroxylation is 1. The van der Waals surface area contributed by atoms with Gasteiger partial charge in [0, 0.05) is 42.6 Å². The number of amides is 1. The molecule has 38 heavy (non-hydrogen) atoms. The van der Waals surface area contributed by atoms with Crippen molar-refractivity contribution in [3.05, 3.63) is 113 Å². The summed E-state index contributed by atoms with van der Waals surface area (Å²) in [6.07, 6.45) is 1.82. The zero-order chi connectivity index (χ0) is 26.6. The molecule has 7 nitrogen and oxygen atoms in total. The predicted octanol–water partition coefficient (Wildman–Crippen LogP) is 5.31. The summed E-state index contributed by atoms with van der Waals surface area (Å²) >= 11 is 5.90. The molecule has 0 aliphatic carbocycles. The maximum Gasteiger partial charge on any atom is 0.250 e. The van der Waals surface area contributed by atoms with Crippen LogP contribution in [0.1, 0.15) is 40.3 Å². The molecule has 2 N–H and O–H groups in total. The van der Waals surface area contributed by atoms with Crippen molar-refractivity contribution >= 4 is 34.6 Å². The van der Waals surface area contributed by atoms with Gasteiger partial charge in [-0.1, -0.05) is 36.4 Å². The van der Waals surface area contributed by atoms with Crippen LogP contribution in [0.15, 0.2) is 85.1 Å². The minimum atomic E-state index is -0.197. The van der Waals surface area contributed by atoms with E-state index in [0.717, 1.165) is 17.9 Å². The van der Waals surface area contributed by atoms with Crippen molar-refractivity contribution < 1.29 is 9.53 Å². The molecule has 0 radical (unpaired) electrons. The molecule has 8 heteroatoms. The van der Waals surface area contributed by atoms with Crippen molar-refractivity contribution in [2.45, 2.75) is 32.5 Å². The van der Waals surface area contributed by atoms with E-state index >= 15 is 0 Å². The van der Waals surface area contributed by atoms with Gasteiger partial charge in [0.05, 0.1) is 17.8 Å². The second kappa shape index (κ2) is 11.2. The number of pyridine rings is 1. The van der Waals surface area contributed by atoms with Crippen LogP contribution < -0.4 is 15.5 Å². The molecule has 2 aromatic heterocycles. The van der Waals surface area contributed by atoms with E-state index in [2.05, 4.69) is 69.3 Å². The number of nitrogens with zero attached hydrogens (tertiary/aromatic N) is 3. The number of thiocarbonyl (C=S) groups is 1. The first-order valence-electron chi connectivity index (χ1n) is 12.6. The van der Waals surface area contributed by atoms with Crippen LogP contribution in [0.5, 0.6) is 0 Å². The normalized spacial score (nSPS) is 16.9. The highest BCUT2D eigenvalue weighted by Crippen LogP contribution is 2.43. The first-order valence-corrected chi connectivity index (χ1v) is 13.0. The predicted molar refractivity (Wildman–Crippen MR) is 154 cm³/mol. The SMILES string of the molecule is COCC(=O)Nc1ccc(N2C(=S)N[C@@H](c3ccccn3)[C@H]2c2cc(C)n(Cc3ccccc3)c2C)cc1. The van der Waals surface area contributed by atoms with Gasteiger partial charge in [0.25, 0.3) is 0 Å². The van der Waals surface area contributed by atoms with E-state index in [4.69, 9.17) is 17.0 Å². The van der Waals surface area contributed by atoms with Crippen LogP contribution in [0.25, 0.3) is 0 Å². The second-order valence-corrected chi connectivity index (χ2v) is 9.81. The van der Waals surface area contributed by atoms with Crippen LogP contribution in [0.3, 0.4) is 0 Å². The molecular formula is C30H31N5O2S.